The van der Waals surface area contributed by atoms with Gasteiger partial charge in [0.2, 0.25) is 0 Å². The largest absolute Gasteiger partial charge is 0.481 e. The van der Waals surface area contributed by atoms with Crippen LogP contribution in [0.25, 0.3) is 10.9 Å². The molecule has 1 unspecified atom stereocenters. The van der Waals surface area contributed by atoms with Crippen molar-refractivity contribution in [3.05, 3.63) is 59.0 Å². The Morgan fingerprint density at radius 2 is 1.92 bits per heavy atom. The Labute approximate surface area is 210 Å². The van der Waals surface area contributed by atoms with Gasteiger partial charge >= 0.3 is 5.97 Å². The fourth-order valence-corrected chi connectivity index (χ4v) is 6.15. The molecule has 3 aromatic rings. The lowest BCUT2D eigenvalue weighted by Gasteiger charge is -2.56. The molecule has 1 atom stereocenters. The molecule has 2 N–H and O–H groups in total. The fraction of sp³-hybridized carbons (Fsp3) is 0.448. The quantitative estimate of drug-likeness (QED) is 0.498. The Bertz CT molecular complexity index is 1410. The first kappa shape index (κ1) is 22.8. The zero-order valence-corrected chi connectivity index (χ0v) is 20.6. The summed E-state index contributed by atoms with van der Waals surface area (Å²) < 4.78 is 1.91. The molecular weight excluding hydrogens is 452 g/mol. The van der Waals surface area contributed by atoms with Gasteiger partial charge in [0, 0.05) is 34.8 Å². The van der Waals surface area contributed by atoms with Crippen molar-refractivity contribution in [3.63, 3.8) is 0 Å². The summed E-state index contributed by atoms with van der Waals surface area (Å²) in [7, 11) is 0. The van der Waals surface area contributed by atoms with Gasteiger partial charge in [-0.3, -0.25) is 19.3 Å². The smallest absolute Gasteiger partial charge is 0.306 e. The Kier molecular flexibility index (Phi) is 5.36. The van der Waals surface area contributed by atoms with E-state index >= 15 is 0 Å². The lowest BCUT2D eigenvalue weighted by atomic mass is 9.50. The van der Waals surface area contributed by atoms with Gasteiger partial charge in [0.05, 0.1) is 29.2 Å². The highest BCUT2D eigenvalue weighted by molar-refractivity contribution is 6.07. The van der Waals surface area contributed by atoms with E-state index in [1.165, 1.54) is 12.8 Å². The molecule has 2 aromatic heterocycles. The summed E-state index contributed by atoms with van der Waals surface area (Å²) in [5.74, 6) is 5.66. The third kappa shape index (κ3) is 3.85. The molecule has 3 saturated carbocycles. The van der Waals surface area contributed by atoms with Crippen LogP contribution in [0, 0.1) is 23.2 Å². The molecule has 3 aliphatic rings. The molecule has 1 amide bonds. The van der Waals surface area contributed by atoms with Gasteiger partial charge in [0.25, 0.3) is 5.91 Å². The highest BCUT2D eigenvalue weighted by Crippen LogP contribution is 2.58. The fourth-order valence-electron chi connectivity index (χ4n) is 6.15. The first-order chi connectivity index (χ1) is 17.4. The number of nitrogens with zero attached hydrogens (tertiary/aromatic N) is 3. The molecule has 7 heteroatoms. The molecule has 7 nitrogen and oxygen atoms in total. The number of carboxylic acids is 1. The maximum absolute atomic E-state index is 13.5. The monoisotopic (exact) mass is 482 g/mol. The van der Waals surface area contributed by atoms with E-state index in [2.05, 4.69) is 41.2 Å². The second kappa shape index (κ2) is 8.48. The van der Waals surface area contributed by atoms with Gasteiger partial charge in [-0.2, -0.15) is 5.10 Å². The SMILES string of the molecule is CC#Cc1ccc(C(=O)NC2CC3(C2)CC(C(=O)O)C3)c2c1cnn2C(C)c1ccc(C2CC2)nc1. The van der Waals surface area contributed by atoms with Crippen molar-refractivity contribution in [1.29, 1.82) is 0 Å². The van der Waals surface area contributed by atoms with E-state index in [-0.39, 0.29) is 29.3 Å². The molecule has 184 valence electrons. The van der Waals surface area contributed by atoms with Crippen molar-refractivity contribution in [3.8, 4) is 11.8 Å². The lowest BCUT2D eigenvalue weighted by molar-refractivity contribution is -0.155. The van der Waals surface area contributed by atoms with Crippen molar-refractivity contribution < 1.29 is 14.7 Å². The third-order valence-electron chi connectivity index (χ3n) is 8.32. The van der Waals surface area contributed by atoms with Gasteiger partial charge in [-0.15, -0.1) is 5.92 Å². The van der Waals surface area contributed by atoms with Crippen LogP contribution in [0.3, 0.4) is 0 Å². The molecule has 1 aromatic carbocycles. The normalized spacial score (nSPS) is 25.4. The number of fused-ring (bicyclic) bond motifs is 1. The van der Waals surface area contributed by atoms with Crippen LogP contribution < -0.4 is 5.32 Å². The van der Waals surface area contributed by atoms with E-state index < -0.39 is 5.97 Å². The number of rotatable bonds is 6. The van der Waals surface area contributed by atoms with Crippen LogP contribution in [0.4, 0.5) is 0 Å². The van der Waals surface area contributed by atoms with E-state index in [9.17, 15) is 14.7 Å². The molecular formula is C29H30N4O3. The zero-order chi connectivity index (χ0) is 25.0. The van der Waals surface area contributed by atoms with Crippen LogP contribution in [-0.4, -0.2) is 37.8 Å². The van der Waals surface area contributed by atoms with E-state index in [0.29, 0.717) is 11.5 Å². The molecule has 6 rings (SSSR count). The first-order valence-electron chi connectivity index (χ1n) is 12.8. The highest BCUT2D eigenvalue weighted by Gasteiger charge is 2.55. The number of carboxylic acid groups (broad SMARTS) is 1. The number of hydrogen-bond donors (Lipinski definition) is 2. The minimum Gasteiger partial charge on any atom is -0.481 e. The molecule has 1 spiro atoms. The van der Waals surface area contributed by atoms with Crippen molar-refractivity contribution in [1.82, 2.24) is 20.1 Å². The number of carbonyl (C=O) groups is 2. The van der Waals surface area contributed by atoms with Gasteiger partial charge in [-0.25, -0.2) is 0 Å². The van der Waals surface area contributed by atoms with Crippen molar-refractivity contribution in [2.24, 2.45) is 11.3 Å². The topological polar surface area (TPSA) is 97.1 Å². The van der Waals surface area contributed by atoms with Crippen LogP contribution in [-0.2, 0) is 4.79 Å². The van der Waals surface area contributed by atoms with Crippen molar-refractivity contribution in [2.75, 3.05) is 0 Å². The third-order valence-corrected chi connectivity index (χ3v) is 8.32. The molecule has 0 saturated heterocycles. The van der Waals surface area contributed by atoms with Gasteiger partial charge in [0.1, 0.15) is 0 Å². The minimum absolute atomic E-state index is 0.0744. The number of aromatic nitrogens is 3. The summed E-state index contributed by atoms with van der Waals surface area (Å²) in [4.78, 5) is 29.3. The molecule has 3 fully saturated rings. The van der Waals surface area contributed by atoms with E-state index in [4.69, 9.17) is 5.10 Å². The summed E-state index contributed by atoms with van der Waals surface area (Å²) >= 11 is 0. The lowest BCUT2D eigenvalue weighted by Crippen LogP contribution is -2.57. The van der Waals surface area contributed by atoms with Crippen molar-refractivity contribution >= 4 is 22.8 Å². The predicted octanol–water partition coefficient (Wildman–Crippen LogP) is 4.66. The summed E-state index contributed by atoms with van der Waals surface area (Å²) in [5, 5.41) is 17.9. The summed E-state index contributed by atoms with van der Waals surface area (Å²) in [6.45, 7) is 3.87. The second-order valence-electron chi connectivity index (χ2n) is 10.9. The number of amides is 1. The Morgan fingerprint density at radius 1 is 1.14 bits per heavy atom. The summed E-state index contributed by atoms with van der Waals surface area (Å²) in [6.07, 6.45) is 9.30. The maximum Gasteiger partial charge on any atom is 0.306 e. The van der Waals surface area contributed by atoms with Crippen LogP contribution in [0.15, 0.2) is 36.7 Å². The average molecular weight is 483 g/mol. The van der Waals surface area contributed by atoms with Crippen molar-refractivity contribution in [2.45, 2.75) is 70.4 Å². The second-order valence-corrected chi connectivity index (χ2v) is 10.9. The molecule has 0 radical (unpaired) electrons. The predicted molar refractivity (Wildman–Crippen MR) is 136 cm³/mol. The van der Waals surface area contributed by atoms with E-state index in [0.717, 1.165) is 53.4 Å². The van der Waals surface area contributed by atoms with E-state index in [1.54, 1.807) is 13.1 Å². The van der Waals surface area contributed by atoms with Crippen LogP contribution in [0.5, 0.6) is 0 Å². The Morgan fingerprint density at radius 3 is 2.56 bits per heavy atom. The molecule has 3 aliphatic carbocycles. The van der Waals surface area contributed by atoms with Crippen LogP contribution in [0.1, 0.15) is 91.5 Å². The van der Waals surface area contributed by atoms with Gasteiger partial charge in [-0.1, -0.05) is 12.0 Å². The molecule has 0 bridgehead atoms. The zero-order valence-electron chi connectivity index (χ0n) is 20.6. The average Bonchev–Trinajstić information content (AvgIpc) is 3.57. The van der Waals surface area contributed by atoms with Gasteiger partial charge in [0.15, 0.2) is 0 Å². The molecule has 36 heavy (non-hydrogen) atoms. The number of hydrogen-bond acceptors (Lipinski definition) is 4. The summed E-state index contributed by atoms with van der Waals surface area (Å²) in [6, 6.07) is 7.93. The number of nitrogens with one attached hydrogen (secondary N) is 1. The Balaban J connectivity index is 1.27. The standard InChI is InChI=1S/C29H30N4O3/c1-3-4-18-7-9-23(27(34)32-22-13-29(14-22)11-21(12-29)28(35)36)26-24(18)16-31-33(26)17(2)20-8-10-25(30-15-20)19-5-6-19/h7-10,15-17,19,21-22H,5-6,11-14H2,1-2H3,(H,32,34)(H,35,36). The van der Waals surface area contributed by atoms with E-state index in [1.807, 2.05) is 23.0 Å². The van der Waals surface area contributed by atoms with Gasteiger partial charge in [-0.05, 0) is 81.5 Å². The number of pyridine rings is 1. The maximum atomic E-state index is 13.5. The number of carbonyl (C=O) groups excluding carboxylic acids is 1. The molecule has 2 heterocycles. The number of aliphatic carboxylic acids is 1. The van der Waals surface area contributed by atoms with Crippen LogP contribution in [0.2, 0.25) is 0 Å². The number of benzene rings is 1. The molecule has 0 aliphatic heterocycles. The Hall–Kier alpha value is -3.66. The van der Waals surface area contributed by atoms with Gasteiger partial charge < -0.3 is 10.4 Å². The summed E-state index contributed by atoms with van der Waals surface area (Å²) in [5.41, 5.74) is 4.50. The van der Waals surface area contributed by atoms with Crippen LogP contribution >= 0.6 is 0 Å². The minimum atomic E-state index is -0.703. The first-order valence-corrected chi connectivity index (χ1v) is 12.8. The highest BCUT2D eigenvalue weighted by atomic mass is 16.4.